The van der Waals surface area contributed by atoms with Crippen molar-refractivity contribution in [1.82, 2.24) is 4.90 Å². The molecule has 0 spiro atoms. The lowest BCUT2D eigenvalue weighted by atomic mass is 10.0. The van der Waals surface area contributed by atoms with E-state index in [2.05, 4.69) is 6.92 Å². The maximum atomic E-state index is 10.2. The molecule has 0 heterocycles. The van der Waals surface area contributed by atoms with Gasteiger partial charge in [-0.15, -0.1) is 0 Å². The van der Waals surface area contributed by atoms with Crippen molar-refractivity contribution in [1.29, 1.82) is 0 Å². The Balaban J connectivity index is 2.53. The van der Waals surface area contributed by atoms with Crippen molar-refractivity contribution in [2.45, 2.75) is 26.4 Å². The fourth-order valence-corrected chi connectivity index (χ4v) is 2.06. The van der Waals surface area contributed by atoms with Crippen LogP contribution in [0, 0.1) is 13.8 Å². The Morgan fingerprint density at radius 3 is 2.16 bits per heavy atom. The number of nitrogens with zero attached hydrogens (tertiary/aromatic N) is 1. The molecular formula is C15H25NO3. The lowest BCUT2D eigenvalue weighted by Crippen LogP contribution is -2.31. The van der Waals surface area contributed by atoms with Gasteiger partial charge < -0.3 is 15.3 Å². The van der Waals surface area contributed by atoms with E-state index < -0.39 is 6.10 Å². The van der Waals surface area contributed by atoms with E-state index >= 15 is 0 Å². The Kier molecular flexibility index (Phi) is 7.02. The van der Waals surface area contributed by atoms with Crippen molar-refractivity contribution in [2.24, 2.45) is 0 Å². The molecule has 19 heavy (non-hydrogen) atoms. The highest BCUT2D eigenvalue weighted by Gasteiger charge is 2.11. The first-order chi connectivity index (χ1) is 9.08. The fourth-order valence-electron chi connectivity index (χ4n) is 2.06. The van der Waals surface area contributed by atoms with E-state index in [0.29, 0.717) is 26.1 Å². The number of hydrogen-bond donors (Lipinski definition) is 3. The topological polar surface area (TPSA) is 63.9 Å². The first-order valence-electron chi connectivity index (χ1n) is 6.77. The van der Waals surface area contributed by atoms with Gasteiger partial charge in [0.05, 0.1) is 19.3 Å². The first-order valence-corrected chi connectivity index (χ1v) is 6.77. The van der Waals surface area contributed by atoms with E-state index in [4.69, 9.17) is 10.2 Å². The molecule has 1 atom stereocenters. The molecule has 0 saturated heterocycles. The molecule has 0 aliphatic carbocycles. The number of aliphatic hydroxyl groups excluding tert-OH is 3. The lowest BCUT2D eigenvalue weighted by Gasteiger charge is -2.22. The molecule has 0 saturated carbocycles. The molecule has 0 radical (unpaired) electrons. The van der Waals surface area contributed by atoms with Crippen LogP contribution in [0.3, 0.4) is 0 Å². The average Bonchev–Trinajstić information content (AvgIpc) is 2.39. The van der Waals surface area contributed by atoms with Gasteiger partial charge in [0.2, 0.25) is 0 Å². The summed E-state index contributed by atoms with van der Waals surface area (Å²) in [5.41, 5.74) is 3.33. The minimum Gasteiger partial charge on any atom is -0.395 e. The Morgan fingerprint density at radius 2 is 1.63 bits per heavy atom. The minimum atomic E-state index is -0.501. The number of hydrogen-bond acceptors (Lipinski definition) is 4. The summed E-state index contributed by atoms with van der Waals surface area (Å²) in [7, 11) is 0. The number of rotatable bonds is 8. The SMILES string of the molecule is Cc1ccc(C(O)CCN(CCO)CCO)cc1C. The summed E-state index contributed by atoms with van der Waals surface area (Å²) in [6.45, 7) is 5.94. The minimum absolute atomic E-state index is 0.0692. The van der Waals surface area contributed by atoms with Crippen LogP contribution < -0.4 is 0 Å². The second kappa shape index (κ2) is 8.27. The molecule has 0 aliphatic heterocycles. The van der Waals surface area contributed by atoms with E-state index in [1.807, 2.05) is 30.0 Å². The molecule has 0 fully saturated rings. The Hall–Kier alpha value is -0.940. The molecule has 0 aliphatic rings. The second-order valence-corrected chi connectivity index (χ2v) is 4.94. The third kappa shape index (κ3) is 5.28. The van der Waals surface area contributed by atoms with Gasteiger partial charge >= 0.3 is 0 Å². The zero-order valence-corrected chi connectivity index (χ0v) is 11.8. The van der Waals surface area contributed by atoms with Gasteiger partial charge in [0.25, 0.3) is 0 Å². The van der Waals surface area contributed by atoms with Crippen LogP contribution in [0.25, 0.3) is 0 Å². The van der Waals surface area contributed by atoms with E-state index in [1.165, 1.54) is 11.1 Å². The highest BCUT2D eigenvalue weighted by Crippen LogP contribution is 2.20. The van der Waals surface area contributed by atoms with Gasteiger partial charge in [0.15, 0.2) is 0 Å². The smallest absolute Gasteiger partial charge is 0.0802 e. The van der Waals surface area contributed by atoms with E-state index in [9.17, 15) is 5.11 Å². The third-order valence-electron chi connectivity index (χ3n) is 3.47. The van der Waals surface area contributed by atoms with Crippen molar-refractivity contribution in [2.75, 3.05) is 32.8 Å². The van der Waals surface area contributed by atoms with Crippen LogP contribution in [0.1, 0.15) is 29.2 Å². The number of benzene rings is 1. The van der Waals surface area contributed by atoms with E-state index in [0.717, 1.165) is 5.56 Å². The summed E-state index contributed by atoms with van der Waals surface area (Å²) in [5.74, 6) is 0. The lowest BCUT2D eigenvalue weighted by molar-refractivity contribution is 0.118. The maximum Gasteiger partial charge on any atom is 0.0802 e. The van der Waals surface area contributed by atoms with Gasteiger partial charge in [-0.3, -0.25) is 4.90 Å². The van der Waals surface area contributed by atoms with Crippen LogP contribution in [-0.2, 0) is 0 Å². The van der Waals surface area contributed by atoms with Crippen molar-refractivity contribution in [3.8, 4) is 0 Å². The molecule has 1 aromatic carbocycles. The molecule has 4 nitrogen and oxygen atoms in total. The van der Waals surface area contributed by atoms with Gasteiger partial charge in [-0.25, -0.2) is 0 Å². The van der Waals surface area contributed by atoms with Crippen molar-refractivity contribution in [3.05, 3.63) is 34.9 Å². The molecule has 0 amide bonds. The van der Waals surface area contributed by atoms with E-state index in [-0.39, 0.29) is 13.2 Å². The fraction of sp³-hybridized carbons (Fsp3) is 0.600. The summed E-state index contributed by atoms with van der Waals surface area (Å²) in [6, 6.07) is 5.99. The van der Waals surface area contributed by atoms with Gasteiger partial charge in [-0.05, 0) is 37.0 Å². The zero-order valence-electron chi connectivity index (χ0n) is 11.8. The van der Waals surface area contributed by atoms with Crippen molar-refractivity contribution in [3.63, 3.8) is 0 Å². The van der Waals surface area contributed by atoms with Crippen LogP contribution in [0.4, 0.5) is 0 Å². The molecular weight excluding hydrogens is 242 g/mol. The van der Waals surface area contributed by atoms with Crippen molar-refractivity contribution < 1.29 is 15.3 Å². The second-order valence-electron chi connectivity index (χ2n) is 4.94. The van der Waals surface area contributed by atoms with Gasteiger partial charge in [0.1, 0.15) is 0 Å². The summed E-state index contributed by atoms with van der Waals surface area (Å²) in [4.78, 5) is 1.95. The van der Waals surface area contributed by atoms with Crippen LogP contribution in [0.15, 0.2) is 18.2 Å². The van der Waals surface area contributed by atoms with Crippen LogP contribution in [-0.4, -0.2) is 53.1 Å². The molecule has 1 aromatic rings. The highest BCUT2D eigenvalue weighted by atomic mass is 16.3. The van der Waals surface area contributed by atoms with Crippen LogP contribution in [0.2, 0.25) is 0 Å². The van der Waals surface area contributed by atoms with Crippen LogP contribution >= 0.6 is 0 Å². The normalized spacial score (nSPS) is 12.9. The monoisotopic (exact) mass is 267 g/mol. The molecule has 1 rings (SSSR count). The number of aliphatic hydroxyl groups is 3. The largest absolute Gasteiger partial charge is 0.395 e. The summed E-state index contributed by atoms with van der Waals surface area (Å²) >= 11 is 0. The van der Waals surface area contributed by atoms with Crippen LogP contribution in [0.5, 0.6) is 0 Å². The maximum absolute atomic E-state index is 10.2. The standard InChI is InChI=1S/C15H25NO3/c1-12-3-4-14(11-13(12)2)15(19)5-6-16(7-9-17)8-10-18/h3-4,11,15,17-19H,5-10H2,1-2H3. The molecule has 4 heteroatoms. The number of aryl methyl sites for hydroxylation is 2. The van der Waals surface area contributed by atoms with Gasteiger partial charge in [-0.1, -0.05) is 18.2 Å². The molecule has 0 aromatic heterocycles. The quantitative estimate of drug-likeness (QED) is 0.658. The molecule has 0 bridgehead atoms. The molecule has 108 valence electrons. The van der Waals surface area contributed by atoms with Gasteiger partial charge in [-0.2, -0.15) is 0 Å². The first kappa shape index (κ1) is 16.1. The predicted molar refractivity (Wildman–Crippen MR) is 76.1 cm³/mol. The zero-order chi connectivity index (χ0) is 14.3. The Labute approximate surface area is 115 Å². The third-order valence-corrected chi connectivity index (χ3v) is 3.47. The summed E-state index contributed by atoms with van der Waals surface area (Å²) < 4.78 is 0. The van der Waals surface area contributed by atoms with E-state index in [1.54, 1.807) is 0 Å². The summed E-state index contributed by atoms with van der Waals surface area (Å²) in [5, 5.41) is 28.0. The highest BCUT2D eigenvalue weighted by molar-refractivity contribution is 5.31. The summed E-state index contributed by atoms with van der Waals surface area (Å²) in [6.07, 6.45) is 0.0989. The van der Waals surface area contributed by atoms with Gasteiger partial charge in [0, 0.05) is 19.6 Å². The Morgan fingerprint density at radius 1 is 1.00 bits per heavy atom. The molecule has 1 unspecified atom stereocenters. The Bertz CT molecular complexity index is 376. The molecule has 3 N–H and O–H groups in total. The predicted octanol–water partition coefficient (Wildman–Crippen LogP) is 1.01. The average molecular weight is 267 g/mol. The van der Waals surface area contributed by atoms with Crippen molar-refractivity contribution >= 4 is 0 Å².